The van der Waals surface area contributed by atoms with E-state index in [1.807, 2.05) is 60.7 Å². The molecular weight excluding hydrogens is 304 g/mol. The molecule has 0 aliphatic carbocycles. The lowest BCUT2D eigenvalue weighted by molar-refractivity contribution is -0.140. The first-order valence-electron chi connectivity index (χ1n) is 7.72. The standard InChI is InChI=1S/C20H20O4/c1-24-20(23)12-11-18(15-7-3-2-4-8-15)13-16-9-5-6-10-17(16)14-19(21)22/h2-10,13H,11-12,14H2,1H3,(H,21,22). The number of benzene rings is 2. The van der Waals surface area contributed by atoms with Gasteiger partial charge in [0.1, 0.15) is 0 Å². The first kappa shape index (κ1) is 17.5. The monoisotopic (exact) mass is 324 g/mol. The number of carboxylic acids is 1. The highest BCUT2D eigenvalue weighted by atomic mass is 16.5. The molecule has 4 heteroatoms. The van der Waals surface area contributed by atoms with Crippen LogP contribution in [-0.4, -0.2) is 24.2 Å². The number of aliphatic carboxylic acids is 1. The van der Waals surface area contributed by atoms with Gasteiger partial charge in [0.2, 0.25) is 0 Å². The van der Waals surface area contributed by atoms with E-state index in [2.05, 4.69) is 0 Å². The fraction of sp³-hybridized carbons (Fsp3) is 0.200. The molecule has 24 heavy (non-hydrogen) atoms. The van der Waals surface area contributed by atoms with Crippen LogP contribution in [0.2, 0.25) is 0 Å². The summed E-state index contributed by atoms with van der Waals surface area (Å²) in [4.78, 5) is 22.5. The van der Waals surface area contributed by atoms with Crippen molar-refractivity contribution < 1.29 is 19.4 Å². The van der Waals surface area contributed by atoms with Crippen LogP contribution in [0, 0.1) is 0 Å². The third-order valence-corrected chi connectivity index (χ3v) is 3.70. The van der Waals surface area contributed by atoms with Crippen LogP contribution in [0.5, 0.6) is 0 Å². The second kappa shape index (κ2) is 8.67. The van der Waals surface area contributed by atoms with Crippen molar-refractivity contribution in [2.45, 2.75) is 19.3 Å². The van der Waals surface area contributed by atoms with Gasteiger partial charge in [0.15, 0.2) is 0 Å². The number of carboxylic acid groups (broad SMARTS) is 1. The van der Waals surface area contributed by atoms with E-state index >= 15 is 0 Å². The largest absolute Gasteiger partial charge is 0.481 e. The van der Waals surface area contributed by atoms with Crippen molar-refractivity contribution in [1.82, 2.24) is 0 Å². The van der Waals surface area contributed by atoms with Crippen LogP contribution in [0.3, 0.4) is 0 Å². The number of methoxy groups -OCH3 is 1. The van der Waals surface area contributed by atoms with Crippen LogP contribution in [0.25, 0.3) is 11.6 Å². The van der Waals surface area contributed by atoms with E-state index in [1.54, 1.807) is 0 Å². The van der Waals surface area contributed by atoms with Crippen molar-refractivity contribution in [3.63, 3.8) is 0 Å². The number of hydrogen-bond acceptors (Lipinski definition) is 3. The number of carbonyl (C=O) groups is 2. The molecule has 2 rings (SSSR count). The van der Waals surface area contributed by atoms with Gasteiger partial charge < -0.3 is 9.84 Å². The van der Waals surface area contributed by atoms with Gasteiger partial charge in [-0.15, -0.1) is 0 Å². The van der Waals surface area contributed by atoms with Gasteiger partial charge in [-0.1, -0.05) is 60.7 Å². The van der Waals surface area contributed by atoms with Crippen LogP contribution in [0.15, 0.2) is 54.6 Å². The lowest BCUT2D eigenvalue weighted by Gasteiger charge is -2.10. The van der Waals surface area contributed by atoms with Crippen LogP contribution in [0.1, 0.15) is 29.5 Å². The summed E-state index contributed by atoms with van der Waals surface area (Å²) in [5.74, 6) is -1.14. The molecule has 0 unspecified atom stereocenters. The maximum atomic E-state index is 11.5. The Morgan fingerprint density at radius 3 is 2.33 bits per heavy atom. The molecule has 0 atom stereocenters. The first-order chi connectivity index (χ1) is 11.6. The molecule has 0 heterocycles. The number of rotatable bonds is 7. The lowest BCUT2D eigenvalue weighted by atomic mass is 9.96. The lowest BCUT2D eigenvalue weighted by Crippen LogP contribution is -2.02. The summed E-state index contributed by atoms with van der Waals surface area (Å²) in [6.45, 7) is 0. The van der Waals surface area contributed by atoms with Crippen molar-refractivity contribution in [3.05, 3.63) is 71.3 Å². The van der Waals surface area contributed by atoms with Crippen LogP contribution >= 0.6 is 0 Å². The smallest absolute Gasteiger partial charge is 0.307 e. The third kappa shape index (κ3) is 5.09. The van der Waals surface area contributed by atoms with Gasteiger partial charge in [-0.05, 0) is 28.7 Å². The predicted molar refractivity (Wildman–Crippen MR) is 93.3 cm³/mol. The van der Waals surface area contributed by atoms with E-state index in [0.29, 0.717) is 6.42 Å². The minimum Gasteiger partial charge on any atom is -0.481 e. The van der Waals surface area contributed by atoms with Crippen LogP contribution in [0.4, 0.5) is 0 Å². The maximum absolute atomic E-state index is 11.5. The number of hydrogen-bond donors (Lipinski definition) is 1. The zero-order valence-electron chi connectivity index (χ0n) is 13.6. The highest BCUT2D eigenvalue weighted by molar-refractivity contribution is 5.85. The molecule has 4 nitrogen and oxygen atoms in total. The molecule has 0 amide bonds. The van der Waals surface area contributed by atoms with Crippen molar-refractivity contribution in [2.75, 3.05) is 7.11 Å². The Kier molecular flexibility index (Phi) is 6.32. The topological polar surface area (TPSA) is 63.6 Å². The number of ether oxygens (including phenoxy) is 1. The Morgan fingerprint density at radius 2 is 1.67 bits per heavy atom. The number of allylic oxidation sites excluding steroid dienone is 1. The minimum atomic E-state index is -0.869. The van der Waals surface area contributed by atoms with Crippen molar-refractivity contribution >= 4 is 23.6 Å². The summed E-state index contributed by atoms with van der Waals surface area (Å²) < 4.78 is 4.72. The second-order valence-corrected chi connectivity index (χ2v) is 5.38. The molecule has 124 valence electrons. The average molecular weight is 324 g/mol. The molecule has 1 N–H and O–H groups in total. The predicted octanol–water partition coefficient (Wildman–Crippen LogP) is 3.81. The van der Waals surface area contributed by atoms with Gasteiger partial charge in [-0.2, -0.15) is 0 Å². The van der Waals surface area contributed by atoms with E-state index in [9.17, 15) is 9.59 Å². The number of carbonyl (C=O) groups excluding carboxylic acids is 1. The summed E-state index contributed by atoms with van der Waals surface area (Å²) in [5.41, 5.74) is 3.57. The Balaban J connectivity index is 2.37. The third-order valence-electron chi connectivity index (χ3n) is 3.70. The zero-order chi connectivity index (χ0) is 17.4. The SMILES string of the molecule is COC(=O)CCC(=Cc1ccccc1CC(=O)O)c1ccccc1. The molecule has 0 saturated heterocycles. The Bertz CT molecular complexity index is 732. The van der Waals surface area contributed by atoms with E-state index in [-0.39, 0.29) is 18.8 Å². The fourth-order valence-corrected chi connectivity index (χ4v) is 2.48. The van der Waals surface area contributed by atoms with Crippen molar-refractivity contribution in [3.8, 4) is 0 Å². The molecule has 0 aromatic heterocycles. The summed E-state index contributed by atoms with van der Waals surface area (Å²) in [7, 11) is 1.37. The molecule has 2 aromatic carbocycles. The molecule has 0 saturated carbocycles. The van der Waals surface area contributed by atoms with E-state index in [0.717, 1.165) is 22.3 Å². The Hall–Kier alpha value is -2.88. The summed E-state index contributed by atoms with van der Waals surface area (Å²) >= 11 is 0. The first-order valence-corrected chi connectivity index (χ1v) is 7.72. The van der Waals surface area contributed by atoms with Crippen LogP contribution in [-0.2, 0) is 20.7 Å². The van der Waals surface area contributed by atoms with E-state index in [4.69, 9.17) is 9.84 Å². The summed E-state index contributed by atoms with van der Waals surface area (Å²) in [6.07, 6.45) is 2.72. The highest BCUT2D eigenvalue weighted by Crippen LogP contribution is 2.25. The van der Waals surface area contributed by atoms with Crippen molar-refractivity contribution in [1.29, 1.82) is 0 Å². The molecule has 0 aliphatic heterocycles. The zero-order valence-corrected chi connectivity index (χ0v) is 13.6. The van der Waals surface area contributed by atoms with E-state index < -0.39 is 5.97 Å². The van der Waals surface area contributed by atoms with Gasteiger partial charge in [0, 0.05) is 6.42 Å². The maximum Gasteiger partial charge on any atom is 0.307 e. The van der Waals surface area contributed by atoms with Gasteiger partial charge in [-0.25, -0.2) is 0 Å². The molecular formula is C20H20O4. The molecule has 0 fully saturated rings. The second-order valence-electron chi connectivity index (χ2n) is 5.38. The number of esters is 1. The quantitative estimate of drug-likeness (QED) is 0.621. The normalized spacial score (nSPS) is 11.1. The molecule has 0 spiro atoms. The van der Waals surface area contributed by atoms with Gasteiger partial charge in [-0.3, -0.25) is 9.59 Å². The average Bonchev–Trinajstić information content (AvgIpc) is 2.60. The molecule has 0 radical (unpaired) electrons. The Morgan fingerprint density at radius 1 is 1.00 bits per heavy atom. The highest BCUT2D eigenvalue weighted by Gasteiger charge is 2.09. The molecule has 0 bridgehead atoms. The molecule has 0 aliphatic rings. The van der Waals surface area contributed by atoms with Gasteiger partial charge >= 0.3 is 11.9 Å². The minimum absolute atomic E-state index is 0.0360. The van der Waals surface area contributed by atoms with Gasteiger partial charge in [0.25, 0.3) is 0 Å². The molecule has 2 aromatic rings. The van der Waals surface area contributed by atoms with Crippen molar-refractivity contribution in [2.24, 2.45) is 0 Å². The van der Waals surface area contributed by atoms with Gasteiger partial charge in [0.05, 0.1) is 13.5 Å². The summed E-state index contributed by atoms with van der Waals surface area (Å²) in [6, 6.07) is 17.1. The summed E-state index contributed by atoms with van der Waals surface area (Å²) in [5, 5.41) is 9.07. The van der Waals surface area contributed by atoms with Crippen LogP contribution < -0.4 is 0 Å². The Labute approximate surface area is 141 Å². The van der Waals surface area contributed by atoms with E-state index in [1.165, 1.54) is 7.11 Å². The fourth-order valence-electron chi connectivity index (χ4n) is 2.48.